The smallest absolute Gasteiger partial charge is 0.278 e. The zero-order valence-electron chi connectivity index (χ0n) is 10.5. The molecule has 0 saturated heterocycles. The molecule has 0 spiro atoms. The number of anilines is 2. The van der Waals surface area contributed by atoms with Gasteiger partial charge < -0.3 is 16.5 Å². The molecule has 0 aliphatic carbocycles. The normalized spacial score (nSPS) is 10.9. The third kappa shape index (κ3) is 2.04. The van der Waals surface area contributed by atoms with Gasteiger partial charge in [-0.05, 0) is 6.07 Å². The Morgan fingerprint density at radius 3 is 2.62 bits per heavy atom. The Balaban J connectivity index is 2.19. The molecular formula is C11H9N7O3. The molecule has 0 aliphatic rings. The lowest BCUT2D eigenvalue weighted by Crippen LogP contribution is -2.10. The maximum atomic E-state index is 11.7. The van der Waals surface area contributed by atoms with E-state index in [1.807, 2.05) is 0 Å². The lowest BCUT2D eigenvalue weighted by Gasteiger charge is -2.01. The van der Waals surface area contributed by atoms with Crippen LogP contribution in [0.3, 0.4) is 0 Å². The van der Waals surface area contributed by atoms with Crippen molar-refractivity contribution in [3.63, 3.8) is 0 Å². The van der Waals surface area contributed by atoms with Crippen molar-refractivity contribution < 1.29 is 4.92 Å². The van der Waals surface area contributed by atoms with E-state index in [0.29, 0.717) is 5.56 Å². The van der Waals surface area contributed by atoms with Crippen LogP contribution >= 0.6 is 0 Å². The molecule has 0 atom stereocenters. The molecule has 0 radical (unpaired) electrons. The molecule has 0 unspecified atom stereocenters. The van der Waals surface area contributed by atoms with E-state index in [9.17, 15) is 14.9 Å². The summed E-state index contributed by atoms with van der Waals surface area (Å²) in [4.78, 5) is 35.0. The van der Waals surface area contributed by atoms with Crippen LogP contribution in [0.1, 0.15) is 0 Å². The second-order valence-corrected chi connectivity index (χ2v) is 4.26. The summed E-state index contributed by atoms with van der Waals surface area (Å²) in [6, 6.07) is 3.96. The predicted octanol–water partition coefficient (Wildman–Crippen LogP) is 0.386. The average molecular weight is 287 g/mol. The van der Waals surface area contributed by atoms with Crippen LogP contribution < -0.4 is 17.0 Å². The van der Waals surface area contributed by atoms with Crippen LogP contribution in [0.4, 0.5) is 17.3 Å². The zero-order valence-corrected chi connectivity index (χ0v) is 10.5. The van der Waals surface area contributed by atoms with Gasteiger partial charge >= 0.3 is 0 Å². The third-order valence-corrected chi connectivity index (χ3v) is 2.88. The monoisotopic (exact) mass is 287 g/mol. The van der Waals surface area contributed by atoms with Gasteiger partial charge in [-0.1, -0.05) is 0 Å². The molecular weight excluding hydrogens is 278 g/mol. The summed E-state index contributed by atoms with van der Waals surface area (Å²) < 4.78 is 0. The number of non-ortho nitro benzene ring substituents is 1. The summed E-state index contributed by atoms with van der Waals surface area (Å²) in [5.74, 6) is 0.225. The second kappa shape index (κ2) is 4.30. The van der Waals surface area contributed by atoms with Gasteiger partial charge in [-0.3, -0.25) is 19.9 Å². The van der Waals surface area contributed by atoms with Crippen molar-refractivity contribution >= 4 is 28.5 Å². The maximum Gasteiger partial charge on any atom is 0.278 e. The first kappa shape index (κ1) is 12.6. The Morgan fingerprint density at radius 2 is 1.95 bits per heavy atom. The molecule has 3 rings (SSSR count). The first-order valence-corrected chi connectivity index (χ1v) is 5.75. The molecule has 10 nitrogen and oxygen atoms in total. The Hall–Kier alpha value is -3.43. The van der Waals surface area contributed by atoms with E-state index in [0.717, 1.165) is 0 Å². The van der Waals surface area contributed by atoms with Crippen molar-refractivity contribution in [3.05, 3.63) is 38.7 Å². The van der Waals surface area contributed by atoms with E-state index < -0.39 is 10.5 Å². The van der Waals surface area contributed by atoms with Crippen molar-refractivity contribution in [3.8, 4) is 11.4 Å². The minimum atomic E-state index is -0.550. The summed E-state index contributed by atoms with van der Waals surface area (Å²) >= 11 is 0. The molecule has 3 aromatic rings. The number of nitro benzene ring substituents is 1. The summed E-state index contributed by atoms with van der Waals surface area (Å²) in [6.45, 7) is 0. The third-order valence-electron chi connectivity index (χ3n) is 2.88. The van der Waals surface area contributed by atoms with Crippen LogP contribution in [0.2, 0.25) is 0 Å². The number of H-pyrrole nitrogens is 2. The number of fused-ring (bicyclic) bond motifs is 1. The molecule has 0 bridgehead atoms. The average Bonchev–Trinajstić information content (AvgIpc) is 2.82. The maximum absolute atomic E-state index is 11.7. The summed E-state index contributed by atoms with van der Waals surface area (Å²) in [7, 11) is 0. The summed E-state index contributed by atoms with van der Waals surface area (Å²) in [5, 5.41) is 10.7. The number of hydrogen-bond donors (Lipinski definition) is 4. The fourth-order valence-corrected chi connectivity index (χ4v) is 1.93. The topological polar surface area (TPSA) is 170 Å². The Bertz CT molecular complexity index is 927. The van der Waals surface area contributed by atoms with Crippen molar-refractivity contribution in [1.82, 2.24) is 19.9 Å². The van der Waals surface area contributed by atoms with Gasteiger partial charge in [0.05, 0.1) is 4.92 Å². The highest BCUT2D eigenvalue weighted by Crippen LogP contribution is 2.28. The molecule has 10 heteroatoms. The number of nitro groups is 1. The van der Waals surface area contributed by atoms with Gasteiger partial charge in [0, 0.05) is 23.4 Å². The first-order valence-electron chi connectivity index (χ1n) is 5.75. The van der Waals surface area contributed by atoms with Crippen LogP contribution in [0.15, 0.2) is 23.0 Å². The number of nitrogen functional groups attached to an aromatic ring is 2. The van der Waals surface area contributed by atoms with E-state index in [-0.39, 0.29) is 34.3 Å². The van der Waals surface area contributed by atoms with Crippen LogP contribution in [0, 0.1) is 10.1 Å². The largest absolute Gasteiger partial charge is 0.398 e. The van der Waals surface area contributed by atoms with E-state index >= 15 is 0 Å². The molecule has 2 heterocycles. The zero-order chi connectivity index (χ0) is 15.1. The van der Waals surface area contributed by atoms with Gasteiger partial charge in [0.1, 0.15) is 5.82 Å². The fraction of sp³-hybridized carbons (Fsp3) is 0. The van der Waals surface area contributed by atoms with E-state index in [1.165, 1.54) is 18.2 Å². The lowest BCUT2D eigenvalue weighted by molar-refractivity contribution is -0.384. The number of nitrogens with zero attached hydrogens (tertiary/aromatic N) is 3. The van der Waals surface area contributed by atoms with E-state index in [2.05, 4.69) is 19.9 Å². The molecule has 0 fully saturated rings. The van der Waals surface area contributed by atoms with Crippen molar-refractivity contribution in [2.24, 2.45) is 0 Å². The minimum absolute atomic E-state index is 0.0535. The van der Waals surface area contributed by atoms with Gasteiger partial charge in [-0.2, -0.15) is 4.98 Å². The van der Waals surface area contributed by atoms with Crippen molar-refractivity contribution in [2.45, 2.75) is 0 Å². The second-order valence-electron chi connectivity index (χ2n) is 4.26. The van der Waals surface area contributed by atoms with Gasteiger partial charge in [0.15, 0.2) is 11.2 Å². The molecule has 6 N–H and O–H groups in total. The van der Waals surface area contributed by atoms with Crippen LogP contribution in [-0.4, -0.2) is 24.9 Å². The Labute approximate surface area is 116 Å². The standard InChI is InChI=1S/C11H9N7O3/c12-6-3-4(18(20)21)1-2-5(6)8-14-7-9(15-8)16-11(13)17-10(7)19/h1-3H,12H2,(H4,13,14,15,16,17,19). The highest BCUT2D eigenvalue weighted by Gasteiger charge is 2.15. The van der Waals surface area contributed by atoms with Crippen LogP contribution in [-0.2, 0) is 0 Å². The number of rotatable bonds is 2. The summed E-state index contributed by atoms with van der Waals surface area (Å²) in [5.41, 5.74) is 11.5. The number of nitrogens with two attached hydrogens (primary N) is 2. The van der Waals surface area contributed by atoms with Crippen LogP contribution in [0.5, 0.6) is 0 Å². The molecule has 106 valence electrons. The van der Waals surface area contributed by atoms with Gasteiger partial charge in [0.2, 0.25) is 5.95 Å². The molecule has 2 aromatic heterocycles. The van der Waals surface area contributed by atoms with Gasteiger partial charge in [0.25, 0.3) is 11.2 Å². The summed E-state index contributed by atoms with van der Waals surface area (Å²) in [6.07, 6.45) is 0. The molecule has 1 aromatic carbocycles. The van der Waals surface area contributed by atoms with E-state index in [1.54, 1.807) is 0 Å². The lowest BCUT2D eigenvalue weighted by atomic mass is 10.1. The van der Waals surface area contributed by atoms with Crippen molar-refractivity contribution in [2.75, 3.05) is 11.5 Å². The molecule has 21 heavy (non-hydrogen) atoms. The van der Waals surface area contributed by atoms with Crippen molar-refractivity contribution in [1.29, 1.82) is 0 Å². The number of hydrogen-bond acceptors (Lipinski definition) is 7. The predicted molar refractivity (Wildman–Crippen MR) is 75.4 cm³/mol. The number of imidazole rings is 1. The van der Waals surface area contributed by atoms with Gasteiger partial charge in [-0.15, -0.1) is 0 Å². The Kier molecular flexibility index (Phi) is 2.58. The Morgan fingerprint density at radius 1 is 1.19 bits per heavy atom. The molecule has 0 amide bonds. The SMILES string of the molecule is Nc1nc2nc(-c3ccc([N+](=O)[O-])cc3N)[nH]c2c(=O)[nH]1. The fourth-order valence-electron chi connectivity index (χ4n) is 1.93. The number of nitrogens with one attached hydrogen (secondary N) is 2. The minimum Gasteiger partial charge on any atom is -0.398 e. The highest BCUT2D eigenvalue weighted by molar-refractivity contribution is 5.80. The molecule has 0 saturated carbocycles. The van der Waals surface area contributed by atoms with Crippen LogP contribution in [0.25, 0.3) is 22.6 Å². The quantitative estimate of drug-likeness (QED) is 0.300. The first-order chi connectivity index (χ1) is 9.95. The van der Waals surface area contributed by atoms with E-state index in [4.69, 9.17) is 11.5 Å². The highest BCUT2D eigenvalue weighted by atomic mass is 16.6. The molecule has 0 aliphatic heterocycles. The number of benzene rings is 1. The number of aromatic nitrogens is 4. The number of aromatic amines is 2. The van der Waals surface area contributed by atoms with Gasteiger partial charge in [-0.25, -0.2) is 4.98 Å².